The molecular formula is C28H46F2N4O6. The van der Waals surface area contributed by atoms with E-state index in [2.05, 4.69) is 10.6 Å². The van der Waals surface area contributed by atoms with Gasteiger partial charge in [0.1, 0.15) is 17.7 Å². The van der Waals surface area contributed by atoms with Gasteiger partial charge in [0.15, 0.2) is 0 Å². The normalized spacial score (nSPS) is 27.4. The Morgan fingerprint density at radius 2 is 1.68 bits per heavy atom. The summed E-state index contributed by atoms with van der Waals surface area (Å²) >= 11 is 0. The summed E-state index contributed by atoms with van der Waals surface area (Å²) in [5.74, 6) is -6.69. The first-order valence-corrected chi connectivity index (χ1v) is 14.3. The number of carbonyl (C=O) groups is 5. The van der Waals surface area contributed by atoms with Crippen LogP contribution >= 0.6 is 0 Å². The highest BCUT2D eigenvalue weighted by Crippen LogP contribution is 2.32. The van der Waals surface area contributed by atoms with Crippen LogP contribution in [0.4, 0.5) is 13.6 Å². The van der Waals surface area contributed by atoms with Gasteiger partial charge in [0.05, 0.1) is 6.04 Å². The molecule has 1 unspecified atom stereocenters. The average molecular weight is 573 g/mol. The Bertz CT molecular complexity index is 936. The Balaban J connectivity index is 2.40. The van der Waals surface area contributed by atoms with Crippen LogP contribution in [-0.4, -0.2) is 70.7 Å². The summed E-state index contributed by atoms with van der Waals surface area (Å²) in [7, 11) is 0. The van der Waals surface area contributed by atoms with Crippen LogP contribution in [0, 0.1) is 11.8 Å². The molecule has 2 aliphatic heterocycles. The lowest BCUT2D eigenvalue weighted by Crippen LogP contribution is -2.56. The number of alkyl halides is 2. The highest BCUT2D eigenvalue weighted by Gasteiger charge is 2.44. The van der Waals surface area contributed by atoms with Crippen molar-refractivity contribution in [3.63, 3.8) is 0 Å². The fourth-order valence-corrected chi connectivity index (χ4v) is 5.20. The molecule has 228 valence electrons. The van der Waals surface area contributed by atoms with Crippen LogP contribution in [0.15, 0.2) is 0 Å². The first kappa shape index (κ1) is 33.4. The lowest BCUT2D eigenvalue weighted by atomic mass is 9.93. The molecule has 0 radical (unpaired) electrons. The standard InChI is InChI=1S/C28H46F2N4O6/c1-17(2)18-15-21-24(37)32-19(22(35)23(31)36)12-14-28(29,30)13-10-8-6-7-9-11-20(25(38)34(21)16-18)33-26(39)40-27(3,4)5/h17-21H,6-16H2,1-5H3,(H2,31,36)(H,32,37)(H,33,39)/t18?,19-,20-,21-/m0/s1. The van der Waals surface area contributed by atoms with Crippen molar-refractivity contribution in [2.24, 2.45) is 17.6 Å². The maximum Gasteiger partial charge on any atom is 0.408 e. The summed E-state index contributed by atoms with van der Waals surface area (Å²) in [5.41, 5.74) is 4.37. The van der Waals surface area contributed by atoms with E-state index in [1.807, 2.05) is 13.8 Å². The number of hydrogen-bond donors (Lipinski definition) is 3. The number of carbonyl (C=O) groups excluding carboxylic acids is 5. The third kappa shape index (κ3) is 10.3. The predicted octanol–water partition coefficient (Wildman–Crippen LogP) is 3.45. The fourth-order valence-electron chi connectivity index (χ4n) is 5.20. The maximum atomic E-state index is 14.6. The smallest absolute Gasteiger partial charge is 0.408 e. The number of hydrogen-bond acceptors (Lipinski definition) is 6. The molecule has 10 nitrogen and oxygen atoms in total. The van der Waals surface area contributed by atoms with E-state index in [4.69, 9.17) is 10.5 Å². The molecule has 4 amide bonds. The van der Waals surface area contributed by atoms with Crippen LogP contribution in [0.5, 0.6) is 0 Å². The Hall–Kier alpha value is -2.79. The zero-order valence-corrected chi connectivity index (χ0v) is 24.4. The lowest BCUT2D eigenvalue weighted by Gasteiger charge is -2.30. The van der Waals surface area contributed by atoms with Gasteiger partial charge in [-0.25, -0.2) is 13.6 Å². The number of halogens is 2. The molecular weight excluding hydrogens is 526 g/mol. The van der Waals surface area contributed by atoms with Crippen LogP contribution in [0.2, 0.25) is 0 Å². The molecule has 2 aliphatic rings. The third-order valence-electron chi connectivity index (χ3n) is 7.56. The van der Waals surface area contributed by atoms with Gasteiger partial charge < -0.3 is 26.0 Å². The number of rotatable bonds is 4. The number of amides is 4. The van der Waals surface area contributed by atoms with Crippen molar-refractivity contribution < 1.29 is 37.5 Å². The first-order valence-electron chi connectivity index (χ1n) is 14.3. The van der Waals surface area contributed by atoms with Crippen molar-refractivity contribution in [3.05, 3.63) is 0 Å². The van der Waals surface area contributed by atoms with E-state index in [0.717, 1.165) is 0 Å². The third-order valence-corrected chi connectivity index (χ3v) is 7.56. The van der Waals surface area contributed by atoms with Crippen LogP contribution in [0.3, 0.4) is 0 Å². The molecule has 0 saturated carbocycles. The van der Waals surface area contributed by atoms with Crippen molar-refractivity contribution in [1.29, 1.82) is 0 Å². The van der Waals surface area contributed by atoms with Crippen molar-refractivity contribution in [2.75, 3.05) is 6.54 Å². The van der Waals surface area contributed by atoms with Gasteiger partial charge in [0, 0.05) is 19.4 Å². The summed E-state index contributed by atoms with van der Waals surface area (Å²) < 4.78 is 34.5. The molecule has 4 atom stereocenters. The molecule has 0 spiro atoms. The molecule has 2 rings (SSSR count). The Labute approximate surface area is 235 Å². The minimum Gasteiger partial charge on any atom is -0.444 e. The van der Waals surface area contributed by atoms with Crippen LogP contribution in [-0.2, 0) is 23.9 Å². The zero-order chi connectivity index (χ0) is 30.3. The Kier molecular flexibility index (Phi) is 11.9. The predicted molar refractivity (Wildman–Crippen MR) is 144 cm³/mol. The first-order chi connectivity index (χ1) is 18.5. The monoisotopic (exact) mass is 572 g/mol. The molecule has 12 heteroatoms. The fraction of sp³-hybridized carbons (Fsp3) is 0.821. The van der Waals surface area contributed by atoms with Crippen molar-refractivity contribution in [2.45, 2.75) is 128 Å². The SMILES string of the molecule is CC(C)C1C[C@H]2C(=O)N[C@H](C(=O)C(N)=O)CCC(F)(F)CCCCCCC[C@H](NC(=O)OC(C)(C)C)C(=O)N2C1. The topological polar surface area (TPSA) is 148 Å². The molecule has 0 bridgehead atoms. The highest BCUT2D eigenvalue weighted by atomic mass is 19.3. The van der Waals surface area contributed by atoms with E-state index in [1.165, 1.54) is 4.90 Å². The lowest BCUT2D eigenvalue weighted by molar-refractivity contribution is -0.142. The van der Waals surface area contributed by atoms with Crippen molar-refractivity contribution in [1.82, 2.24) is 15.5 Å². The van der Waals surface area contributed by atoms with Crippen LogP contribution in [0.1, 0.15) is 98.8 Å². The van der Waals surface area contributed by atoms with Crippen molar-refractivity contribution in [3.8, 4) is 0 Å². The molecule has 2 heterocycles. The number of nitrogens with zero attached hydrogens (tertiary/aromatic N) is 1. The van der Waals surface area contributed by atoms with Gasteiger partial charge in [-0.05, 0) is 58.3 Å². The van der Waals surface area contributed by atoms with E-state index in [1.54, 1.807) is 20.8 Å². The molecule has 0 aliphatic carbocycles. The van der Waals surface area contributed by atoms with Gasteiger partial charge in [-0.2, -0.15) is 0 Å². The Morgan fingerprint density at radius 1 is 1.05 bits per heavy atom. The van der Waals surface area contributed by atoms with Gasteiger partial charge in [-0.3, -0.25) is 19.2 Å². The molecule has 0 aromatic rings. The highest BCUT2D eigenvalue weighted by molar-refractivity contribution is 6.37. The number of nitrogens with two attached hydrogens (primary N) is 1. The minimum atomic E-state index is -3.07. The number of primary amides is 1. The second kappa shape index (κ2) is 14.2. The van der Waals surface area contributed by atoms with E-state index in [-0.39, 0.29) is 44.1 Å². The van der Waals surface area contributed by atoms with Gasteiger partial charge in [0.25, 0.3) is 5.91 Å². The van der Waals surface area contributed by atoms with E-state index in [9.17, 15) is 32.8 Å². The largest absolute Gasteiger partial charge is 0.444 e. The summed E-state index contributed by atoms with van der Waals surface area (Å²) in [6.07, 6.45) is 1.01. The number of nitrogens with one attached hydrogen (secondary N) is 2. The molecule has 0 aromatic carbocycles. The number of ketones is 1. The summed E-state index contributed by atoms with van der Waals surface area (Å²) in [6, 6.07) is -3.50. The maximum absolute atomic E-state index is 14.6. The average Bonchev–Trinajstić information content (AvgIpc) is 3.28. The van der Waals surface area contributed by atoms with E-state index >= 15 is 0 Å². The minimum absolute atomic E-state index is 0.0536. The quantitative estimate of drug-likeness (QED) is 0.440. The van der Waals surface area contributed by atoms with Gasteiger partial charge >= 0.3 is 6.09 Å². The number of fused-ring (bicyclic) bond motifs is 1. The second-order valence-corrected chi connectivity index (χ2v) is 12.4. The molecule has 4 N–H and O–H groups in total. The summed E-state index contributed by atoms with van der Waals surface area (Å²) in [5, 5.41) is 5.10. The number of alkyl carbamates (subject to hydrolysis) is 1. The van der Waals surface area contributed by atoms with Gasteiger partial charge in [0.2, 0.25) is 23.5 Å². The van der Waals surface area contributed by atoms with Gasteiger partial charge in [-0.15, -0.1) is 0 Å². The molecule has 0 aromatic heterocycles. The number of Topliss-reactive ketones (excluding diaryl/α,β-unsaturated/α-hetero) is 1. The van der Waals surface area contributed by atoms with Crippen molar-refractivity contribution >= 4 is 29.6 Å². The summed E-state index contributed by atoms with van der Waals surface area (Å²) in [6.45, 7) is 9.29. The molecule has 2 saturated heterocycles. The number of ether oxygens (including phenoxy) is 1. The molecule has 40 heavy (non-hydrogen) atoms. The van der Waals surface area contributed by atoms with E-state index in [0.29, 0.717) is 25.7 Å². The summed E-state index contributed by atoms with van der Waals surface area (Å²) in [4.78, 5) is 65.4. The van der Waals surface area contributed by atoms with Crippen LogP contribution in [0.25, 0.3) is 0 Å². The second-order valence-electron chi connectivity index (χ2n) is 12.4. The Morgan fingerprint density at radius 3 is 2.27 bits per heavy atom. The molecule has 2 fully saturated rings. The van der Waals surface area contributed by atoms with E-state index < -0.39 is 72.1 Å². The van der Waals surface area contributed by atoms with Crippen LogP contribution < -0.4 is 16.4 Å². The van der Waals surface area contributed by atoms with Gasteiger partial charge in [-0.1, -0.05) is 39.5 Å². The zero-order valence-electron chi connectivity index (χ0n) is 24.4.